The first-order valence-corrected chi connectivity index (χ1v) is 14.5. The van der Waals surface area contributed by atoms with Crippen molar-refractivity contribution in [1.82, 2.24) is 10.3 Å². The van der Waals surface area contributed by atoms with Gasteiger partial charge in [-0.1, -0.05) is 25.5 Å². The Hall–Kier alpha value is -3.77. The fraction of sp³-hybridized carbons (Fsp3) is 0.548. The standard InChI is InChI=1S/C31H41FN2O9/c1-5-16-40-28-20(3)43-31(37)24(9-7-8-22(28)17-21-10-12-23(32)13-11-21)34-30(36)27-29(25(38-4)14-15-33-27)42-19-41-26(35)18-39-6-2/h10-15,20,22,24,28H,5-9,16-19H2,1-4H3,(H,34,36)/t20-,22+,24-,28-/m0/s1. The number of ether oxygens (including phenoxy) is 6. The number of cyclic esters (lactones) is 1. The summed E-state index contributed by atoms with van der Waals surface area (Å²) in [5.74, 6) is -2.10. The molecule has 1 saturated heterocycles. The van der Waals surface area contributed by atoms with Gasteiger partial charge in [-0.3, -0.25) is 4.79 Å². The molecule has 1 fully saturated rings. The minimum Gasteiger partial charge on any atom is -0.493 e. The van der Waals surface area contributed by atoms with Crippen molar-refractivity contribution in [3.05, 3.63) is 53.6 Å². The molecular formula is C31H41FN2O9. The highest BCUT2D eigenvalue weighted by atomic mass is 19.1. The van der Waals surface area contributed by atoms with Crippen LogP contribution in [0, 0.1) is 11.7 Å². The molecule has 0 aliphatic carbocycles. The van der Waals surface area contributed by atoms with Gasteiger partial charge in [0.2, 0.25) is 6.79 Å². The Morgan fingerprint density at radius 3 is 2.60 bits per heavy atom. The molecule has 2 aromatic rings. The molecule has 1 aliphatic rings. The summed E-state index contributed by atoms with van der Waals surface area (Å²) in [5, 5.41) is 2.73. The maximum atomic E-state index is 13.5. The molecule has 0 unspecified atom stereocenters. The van der Waals surface area contributed by atoms with Gasteiger partial charge >= 0.3 is 11.9 Å². The molecule has 2 heterocycles. The van der Waals surface area contributed by atoms with Crippen molar-refractivity contribution in [3.8, 4) is 11.5 Å². The van der Waals surface area contributed by atoms with Crippen molar-refractivity contribution < 1.29 is 47.2 Å². The first-order chi connectivity index (χ1) is 20.8. The van der Waals surface area contributed by atoms with Crippen LogP contribution in [0.25, 0.3) is 0 Å². The van der Waals surface area contributed by atoms with Gasteiger partial charge in [0, 0.05) is 25.5 Å². The zero-order valence-electron chi connectivity index (χ0n) is 25.1. The highest BCUT2D eigenvalue weighted by Crippen LogP contribution is 2.31. The lowest BCUT2D eigenvalue weighted by Crippen LogP contribution is -2.44. The summed E-state index contributed by atoms with van der Waals surface area (Å²) in [7, 11) is 1.39. The summed E-state index contributed by atoms with van der Waals surface area (Å²) in [6.07, 6.45) is 3.40. The van der Waals surface area contributed by atoms with Crippen molar-refractivity contribution in [2.24, 2.45) is 5.92 Å². The number of nitrogens with one attached hydrogen (secondary N) is 1. The largest absolute Gasteiger partial charge is 0.493 e. The lowest BCUT2D eigenvalue weighted by molar-refractivity contribution is -0.161. The fourth-order valence-corrected chi connectivity index (χ4v) is 4.88. The van der Waals surface area contributed by atoms with Crippen molar-refractivity contribution >= 4 is 17.8 Å². The van der Waals surface area contributed by atoms with Gasteiger partial charge in [-0.15, -0.1) is 0 Å². The van der Waals surface area contributed by atoms with Crippen molar-refractivity contribution in [2.75, 3.05) is 33.7 Å². The van der Waals surface area contributed by atoms with Crippen LogP contribution in [0.1, 0.15) is 62.5 Å². The van der Waals surface area contributed by atoms with Crippen LogP contribution >= 0.6 is 0 Å². The van der Waals surface area contributed by atoms with Gasteiger partial charge in [-0.2, -0.15) is 0 Å². The minimum absolute atomic E-state index is 0.000228. The lowest BCUT2D eigenvalue weighted by Gasteiger charge is -2.31. The quantitative estimate of drug-likeness (QED) is 0.249. The summed E-state index contributed by atoms with van der Waals surface area (Å²) in [5.41, 5.74) is 0.804. The van der Waals surface area contributed by atoms with Gasteiger partial charge in [0.15, 0.2) is 17.2 Å². The highest BCUT2D eigenvalue weighted by Gasteiger charge is 2.35. The number of esters is 2. The number of aromatic nitrogens is 1. The molecule has 1 aromatic heterocycles. The van der Waals surface area contributed by atoms with E-state index in [0.29, 0.717) is 38.9 Å². The van der Waals surface area contributed by atoms with E-state index in [0.717, 1.165) is 12.0 Å². The van der Waals surface area contributed by atoms with Gasteiger partial charge in [-0.05, 0) is 63.1 Å². The number of pyridine rings is 1. The molecule has 11 nitrogen and oxygen atoms in total. The number of carbonyl (C=O) groups is 3. The van der Waals surface area contributed by atoms with Crippen LogP contribution in [0.15, 0.2) is 36.5 Å². The number of hydrogen-bond donors (Lipinski definition) is 1. The zero-order chi connectivity index (χ0) is 31.2. The van der Waals surface area contributed by atoms with E-state index in [4.69, 9.17) is 28.4 Å². The molecule has 12 heteroatoms. The van der Waals surface area contributed by atoms with Crippen LogP contribution in [0.4, 0.5) is 4.39 Å². The van der Waals surface area contributed by atoms with Crippen LogP contribution in [-0.4, -0.2) is 74.8 Å². The van der Waals surface area contributed by atoms with E-state index in [-0.39, 0.29) is 41.6 Å². The predicted octanol–water partition coefficient (Wildman–Crippen LogP) is 4.01. The zero-order valence-corrected chi connectivity index (χ0v) is 25.1. The molecule has 4 atom stereocenters. The Bertz CT molecular complexity index is 1190. The average Bonchev–Trinajstić information content (AvgIpc) is 3.04. The third-order valence-electron chi connectivity index (χ3n) is 6.96. The number of halogens is 1. The van der Waals surface area contributed by atoms with E-state index < -0.39 is 36.8 Å². The van der Waals surface area contributed by atoms with Gasteiger partial charge in [-0.25, -0.2) is 19.0 Å². The number of rotatable bonds is 14. The predicted molar refractivity (Wildman–Crippen MR) is 153 cm³/mol. The van der Waals surface area contributed by atoms with Crippen molar-refractivity contribution in [3.63, 3.8) is 0 Å². The molecule has 1 amide bonds. The van der Waals surface area contributed by atoms with Gasteiger partial charge in [0.25, 0.3) is 5.91 Å². The van der Waals surface area contributed by atoms with Crippen LogP contribution in [0.5, 0.6) is 11.5 Å². The Morgan fingerprint density at radius 2 is 1.91 bits per heavy atom. The van der Waals surface area contributed by atoms with Crippen LogP contribution in [0.3, 0.4) is 0 Å². The normalized spacial score (nSPS) is 20.6. The monoisotopic (exact) mass is 604 g/mol. The summed E-state index contributed by atoms with van der Waals surface area (Å²) in [4.78, 5) is 42.6. The molecule has 43 heavy (non-hydrogen) atoms. The molecular weight excluding hydrogens is 563 g/mol. The Labute approximate surface area is 251 Å². The molecule has 3 rings (SSSR count). The van der Waals surface area contributed by atoms with E-state index >= 15 is 0 Å². The van der Waals surface area contributed by atoms with E-state index in [1.807, 2.05) is 6.92 Å². The maximum absolute atomic E-state index is 13.5. The van der Waals surface area contributed by atoms with Crippen molar-refractivity contribution in [2.45, 2.75) is 71.1 Å². The number of amides is 1. The first kappa shape index (κ1) is 33.7. The second-order valence-corrected chi connectivity index (χ2v) is 10.1. The molecule has 0 radical (unpaired) electrons. The molecule has 0 bridgehead atoms. The van der Waals surface area contributed by atoms with Crippen LogP contribution in [0.2, 0.25) is 0 Å². The van der Waals surface area contributed by atoms with Crippen LogP contribution < -0.4 is 14.8 Å². The minimum atomic E-state index is -0.962. The number of hydrogen-bond acceptors (Lipinski definition) is 10. The Kier molecular flexibility index (Phi) is 13.6. The summed E-state index contributed by atoms with van der Waals surface area (Å²) >= 11 is 0. The topological polar surface area (TPSA) is 132 Å². The van der Waals surface area contributed by atoms with Crippen LogP contribution in [-0.2, 0) is 35.0 Å². The number of carbonyl (C=O) groups excluding carboxylic acids is 3. The van der Waals surface area contributed by atoms with Gasteiger partial charge in [0.05, 0.1) is 13.2 Å². The van der Waals surface area contributed by atoms with Gasteiger partial charge in [0.1, 0.15) is 24.6 Å². The number of benzene rings is 1. The first-order valence-electron chi connectivity index (χ1n) is 14.5. The molecule has 236 valence electrons. The summed E-state index contributed by atoms with van der Waals surface area (Å²) in [6.45, 7) is 5.62. The van der Waals surface area contributed by atoms with E-state index in [1.54, 1.807) is 26.0 Å². The Morgan fingerprint density at radius 1 is 1.14 bits per heavy atom. The number of nitrogens with zero attached hydrogens (tertiary/aromatic N) is 1. The summed E-state index contributed by atoms with van der Waals surface area (Å²) < 4.78 is 46.4. The molecule has 0 spiro atoms. The smallest absolute Gasteiger partial charge is 0.334 e. The van der Waals surface area contributed by atoms with E-state index in [9.17, 15) is 18.8 Å². The molecule has 0 saturated carbocycles. The molecule has 1 N–H and O–H groups in total. The highest BCUT2D eigenvalue weighted by molar-refractivity contribution is 5.98. The molecule has 1 aromatic carbocycles. The third kappa shape index (κ3) is 10.2. The second kappa shape index (κ2) is 17.4. The summed E-state index contributed by atoms with van der Waals surface area (Å²) in [6, 6.07) is 6.88. The van der Waals surface area contributed by atoms with E-state index in [2.05, 4.69) is 10.3 Å². The lowest BCUT2D eigenvalue weighted by atomic mass is 9.87. The van der Waals surface area contributed by atoms with Crippen molar-refractivity contribution in [1.29, 1.82) is 0 Å². The average molecular weight is 605 g/mol. The van der Waals surface area contributed by atoms with Gasteiger partial charge < -0.3 is 33.7 Å². The maximum Gasteiger partial charge on any atom is 0.334 e. The fourth-order valence-electron chi connectivity index (χ4n) is 4.88. The third-order valence-corrected chi connectivity index (χ3v) is 6.96. The Balaban J connectivity index is 1.74. The molecule has 1 aliphatic heterocycles. The van der Waals surface area contributed by atoms with E-state index in [1.165, 1.54) is 31.5 Å². The number of methoxy groups -OCH3 is 1. The SMILES string of the molecule is CCCO[C@@H]1[C@@H](Cc2ccc(F)cc2)CCC[C@H](NC(=O)c2nccc(OC)c2OCOC(=O)COCC)C(=O)O[C@H]1C. The second-order valence-electron chi connectivity index (χ2n) is 10.1.